The summed E-state index contributed by atoms with van der Waals surface area (Å²) in [6.45, 7) is 1.92. The number of fused-ring (bicyclic) bond motifs is 1. The van der Waals surface area contributed by atoms with E-state index in [9.17, 15) is 14.4 Å². The first kappa shape index (κ1) is 18.8. The SMILES string of the molecule is CC(=O)NCCc1ccc(C(=O)Cn2cnc3ccc(Cl)cc3c2=O)cc1. The second kappa shape index (κ2) is 8.14. The highest BCUT2D eigenvalue weighted by Gasteiger charge is 2.11. The van der Waals surface area contributed by atoms with E-state index in [1.54, 1.807) is 30.3 Å². The predicted molar refractivity (Wildman–Crippen MR) is 104 cm³/mol. The molecule has 0 saturated heterocycles. The topological polar surface area (TPSA) is 81.1 Å². The van der Waals surface area contributed by atoms with Crippen LogP contribution in [0, 0.1) is 0 Å². The predicted octanol–water partition coefficient (Wildman–Crippen LogP) is 2.61. The van der Waals surface area contributed by atoms with Crippen LogP contribution in [0.1, 0.15) is 22.8 Å². The average Bonchev–Trinajstić information content (AvgIpc) is 2.64. The van der Waals surface area contributed by atoms with Crippen molar-refractivity contribution < 1.29 is 9.59 Å². The van der Waals surface area contributed by atoms with E-state index < -0.39 is 0 Å². The number of benzene rings is 2. The summed E-state index contributed by atoms with van der Waals surface area (Å²) in [4.78, 5) is 40.2. The number of aromatic nitrogens is 2. The smallest absolute Gasteiger partial charge is 0.261 e. The zero-order valence-electron chi connectivity index (χ0n) is 14.7. The molecule has 0 unspecified atom stereocenters. The van der Waals surface area contributed by atoms with Gasteiger partial charge in [0.25, 0.3) is 5.56 Å². The summed E-state index contributed by atoms with van der Waals surface area (Å²) in [5.41, 5.74) is 1.76. The number of carbonyl (C=O) groups is 2. The zero-order chi connectivity index (χ0) is 19.4. The zero-order valence-corrected chi connectivity index (χ0v) is 15.5. The highest BCUT2D eigenvalue weighted by molar-refractivity contribution is 6.31. The third kappa shape index (κ3) is 4.60. The molecule has 0 atom stereocenters. The molecule has 0 spiro atoms. The number of nitrogens with zero attached hydrogens (tertiary/aromatic N) is 2. The van der Waals surface area contributed by atoms with Crippen molar-refractivity contribution in [1.82, 2.24) is 14.9 Å². The molecule has 3 aromatic rings. The Labute approximate surface area is 160 Å². The van der Waals surface area contributed by atoms with Crippen LogP contribution in [0.15, 0.2) is 53.6 Å². The highest BCUT2D eigenvalue weighted by Crippen LogP contribution is 2.14. The first-order valence-corrected chi connectivity index (χ1v) is 8.83. The molecule has 6 nitrogen and oxygen atoms in total. The van der Waals surface area contributed by atoms with E-state index in [2.05, 4.69) is 10.3 Å². The molecule has 0 aliphatic rings. The minimum atomic E-state index is -0.303. The van der Waals surface area contributed by atoms with Crippen molar-refractivity contribution >= 4 is 34.2 Å². The van der Waals surface area contributed by atoms with Gasteiger partial charge >= 0.3 is 0 Å². The summed E-state index contributed by atoms with van der Waals surface area (Å²) in [5.74, 6) is -0.258. The van der Waals surface area contributed by atoms with Crippen molar-refractivity contribution in [3.63, 3.8) is 0 Å². The number of Topliss-reactive ketones (excluding diaryl/α,β-unsaturated/α-hetero) is 1. The van der Waals surface area contributed by atoms with Gasteiger partial charge in [-0.3, -0.25) is 19.0 Å². The fourth-order valence-corrected chi connectivity index (χ4v) is 2.90. The molecule has 1 heterocycles. The molecule has 0 saturated carbocycles. The molecule has 0 radical (unpaired) electrons. The maximum Gasteiger partial charge on any atom is 0.261 e. The lowest BCUT2D eigenvalue weighted by atomic mass is 10.1. The number of rotatable bonds is 6. The van der Waals surface area contributed by atoms with Gasteiger partial charge < -0.3 is 5.32 Å². The first-order chi connectivity index (χ1) is 12.9. The van der Waals surface area contributed by atoms with Gasteiger partial charge in [-0.15, -0.1) is 0 Å². The largest absolute Gasteiger partial charge is 0.356 e. The van der Waals surface area contributed by atoms with Crippen LogP contribution in [0.4, 0.5) is 0 Å². The molecule has 1 aromatic heterocycles. The van der Waals surface area contributed by atoms with Crippen LogP contribution in [-0.2, 0) is 17.8 Å². The van der Waals surface area contributed by atoms with Crippen molar-refractivity contribution in [3.8, 4) is 0 Å². The molecule has 0 fully saturated rings. The number of nitrogens with one attached hydrogen (secondary N) is 1. The monoisotopic (exact) mass is 383 g/mol. The van der Waals surface area contributed by atoms with Gasteiger partial charge in [-0.05, 0) is 30.2 Å². The summed E-state index contributed by atoms with van der Waals surface area (Å²) in [5, 5.41) is 3.55. The Hall–Kier alpha value is -2.99. The van der Waals surface area contributed by atoms with Crippen molar-refractivity contribution in [1.29, 1.82) is 0 Å². The maximum atomic E-state index is 12.6. The molecule has 0 aliphatic carbocycles. The number of amides is 1. The summed E-state index contributed by atoms with van der Waals surface area (Å²) in [6, 6.07) is 12.0. The standard InChI is InChI=1S/C20H18ClN3O3/c1-13(25)22-9-8-14-2-4-15(5-3-14)19(26)11-24-12-23-18-7-6-16(21)10-17(18)20(24)27/h2-7,10,12H,8-9,11H2,1H3,(H,22,25). The molecule has 2 aromatic carbocycles. The molecule has 3 rings (SSSR count). The van der Waals surface area contributed by atoms with Gasteiger partial charge in [-0.2, -0.15) is 0 Å². The van der Waals surface area contributed by atoms with Gasteiger partial charge in [-0.25, -0.2) is 4.98 Å². The van der Waals surface area contributed by atoms with E-state index in [4.69, 9.17) is 11.6 Å². The van der Waals surface area contributed by atoms with E-state index in [0.29, 0.717) is 34.5 Å². The van der Waals surface area contributed by atoms with Crippen LogP contribution in [0.5, 0.6) is 0 Å². The molecule has 7 heteroatoms. The van der Waals surface area contributed by atoms with E-state index in [-0.39, 0.29) is 23.8 Å². The second-order valence-corrected chi connectivity index (χ2v) is 6.63. The van der Waals surface area contributed by atoms with Crippen LogP contribution in [0.2, 0.25) is 5.02 Å². The van der Waals surface area contributed by atoms with Crippen LogP contribution < -0.4 is 10.9 Å². The number of halogens is 1. The second-order valence-electron chi connectivity index (χ2n) is 6.19. The lowest BCUT2D eigenvalue weighted by Gasteiger charge is -2.07. The molecular formula is C20H18ClN3O3. The van der Waals surface area contributed by atoms with E-state index in [1.807, 2.05) is 12.1 Å². The van der Waals surface area contributed by atoms with Crippen LogP contribution in [0.25, 0.3) is 10.9 Å². The van der Waals surface area contributed by atoms with Crippen LogP contribution in [-0.4, -0.2) is 27.8 Å². The number of ketones is 1. The van der Waals surface area contributed by atoms with Crippen molar-refractivity contribution in [2.75, 3.05) is 6.54 Å². The van der Waals surface area contributed by atoms with Gasteiger partial charge in [0.2, 0.25) is 5.91 Å². The number of hydrogen-bond acceptors (Lipinski definition) is 4. The van der Waals surface area contributed by atoms with Crippen LogP contribution >= 0.6 is 11.6 Å². The Morgan fingerprint density at radius 3 is 2.59 bits per heavy atom. The lowest BCUT2D eigenvalue weighted by molar-refractivity contribution is -0.118. The van der Waals surface area contributed by atoms with E-state index in [0.717, 1.165) is 5.56 Å². The molecule has 0 bridgehead atoms. The number of carbonyl (C=O) groups excluding carboxylic acids is 2. The molecular weight excluding hydrogens is 366 g/mol. The first-order valence-electron chi connectivity index (χ1n) is 8.45. The Morgan fingerprint density at radius 2 is 1.89 bits per heavy atom. The average molecular weight is 384 g/mol. The van der Waals surface area contributed by atoms with Crippen LogP contribution in [0.3, 0.4) is 0 Å². The third-order valence-corrected chi connectivity index (χ3v) is 4.40. The summed E-state index contributed by atoms with van der Waals surface area (Å²) in [7, 11) is 0. The molecule has 1 N–H and O–H groups in total. The van der Waals surface area contributed by atoms with Gasteiger partial charge in [0, 0.05) is 24.1 Å². The minimum absolute atomic E-state index is 0.0717. The molecule has 1 amide bonds. The minimum Gasteiger partial charge on any atom is -0.356 e. The maximum absolute atomic E-state index is 12.6. The normalized spacial score (nSPS) is 10.7. The van der Waals surface area contributed by atoms with E-state index in [1.165, 1.54) is 17.8 Å². The summed E-state index contributed by atoms with van der Waals surface area (Å²) < 4.78 is 1.28. The third-order valence-electron chi connectivity index (χ3n) is 4.16. The molecule has 138 valence electrons. The summed E-state index contributed by atoms with van der Waals surface area (Å²) >= 11 is 5.95. The van der Waals surface area contributed by atoms with Crippen molar-refractivity contribution in [2.24, 2.45) is 0 Å². The Bertz CT molecular complexity index is 1060. The van der Waals surface area contributed by atoms with Crippen molar-refractivity contribution in [2.45, 2.75) is 19.9 Å². The Morgan fingerprint density at radius 1 is 1.15 bits per heavy atom. The van der Waals surface area contributed by atoms with Gasteiger partial charge in [0.15, 0.2) is 5.78 Å². The van der Waals surface area contributed by atoms with Gasteiger partial charge in [0.1, 0.15) is 0 Å². The Balaban J connectivity index is 1.73. The number of hydrogen-bond donors (Lipinski definition) is 1. The van der Waals surface area contributed by atoms with E-state index >= 15 is 0 Å². The highest BCUT2D eigenvalue weighted by atomic mass is 35.5. The lowest BCUT2D eigenvalue weighted by Crippen LogP contribution is -2.24. The molecule has 27 heavy (non-hydrogen) atoms. The fourth-order valence-electron chi connectivity index (χ4n) is 2.73. The Kier molecular flexibility index (Phi) is 5.66. The van der Waals surface area contributed by atoms with Gasteiger partial charge in [0.05, 0.1) is 23.8 Å². The quantitative estimate of drug-likeness (QED) is 0.663. The van der Waals surface area contributed by atoms with Crippen molar-refractivity contribution in [3.05, 3.63) is 75.3 Å². The molecule has 0 aliphatic heterocycles. The summed E-state index contributed by atoms with van der Waals surface area (Å²) in [6.07, 6.45) is 2.06. The van der Waals surface area contributed by atoms with Gasteiger partial charge in [-0.1, -0.05) is 35.9 Å². The fraction of sp³-hybridized carbons (Fsp3) is 0.200.